The van der Waals surface area contributed by atoms with Gasteiger partial charge in [0.25, 0.3) is 5.56 Å². The van der Waals surface area contributed by atoms with Gasteiger partial charge < -0.3 is 0 Å². The Labute approximate surface area is 137 Å². The summed E-state index contributed by atoms with van der Waals surface area (Å²) in [5.41, 5.74) is 3.95. The number of aryl methyl sites for hydroxylation is 1. The van der Waals surface area contributed by atoms with Crippen LogP contribution >= 0.6 is 15.9 Å². The number of aromatic nitrogens is 2. The highest BCUT2D eigenvalue weighted by molar-refractivity contribution is 9.10. The largest absolute Gasteiger partial charge is 0.268 e. The molecule has 22 heavy (non-hydrogen) atoms. The van der Waals surface area contributed by atoms with E-state index in [1.165, 1.54) is 4.68 Å². The molecule has 1 heterocycles. The van der Waals surface area contributed by atoms with Crippen molar-refractivity contribution in [2.24, 2.45) is 0 Å². The van der Waals surface area contributed by atoms with Crippen LogP contribution in [0.5, 0.6) is 0 Å². The molecular formula is C18H15BrN2O. The fourth-order valence-corrected chi connectivity index (χ4v) is 2.55. The predicted molar refractivity (Wildman–Crippen MR) is 91.9 cm³/mol. The van der Waals surface area contributed by atoms with Gasteiger partial charge in [-0.25, -0.2) is 4.68 Å². The highest BCUT2D eigenvalue weighted by Crippen LogP contribution is 2.19. The molecule has 0 amide bonds. The average molecular weight is 355 g/mol. The SMILES string of the molecule is Cc1ccccc1Cn1nc(-c2ccc(Br)cc2)ccc1=O. The van der Waals surface area contributed by atoms with Crippen molar-refractivity contribution in [2.45, 2.75) is 13.5 Å². The van der Waals surface area contributed by atoms with Crippen LogP contribution in [0.1, 0.15) is 11.1 Å². The van der Waals surface area contributed by atoms with E-state index in [1.807, 2.05) is 55.5 Å². The molecular weight excluding hydrogens is 340 g/mol. The van der Waals surface area contributed by atoms with Crippen molar-refractivity contribution in [3.63, 3.8) is 0 Å². The van der Waals surface area contributed by atoms with Crippen LogP contribution in [0.2, 0.25) is 0 Å². The highest BCUT2D eigenvalue weighted by atomic mass is 79.9. The second-order valence-corrected chi connectivity index (χ2v) is 6.06. The molecule has 1 aromatic heterocycles. The van der Waals surface area contributed by atoms with Gasteiger partial charge in [-0.15, -0.1) is 0 Å². The van der Waals surface area contributed by atoms with Crippen LogP contribution in [0.3, 0.4) is 0 Å². The van der Waals surface area contributed by atoms with Crippen LogP contribution < -0.4 is 5.56 Å². The van der Waals surface area contributed by atoms with Crippen molar-refractivity contribution in [3.05, 3.63) is 86.6 Å². The quantitative estimate of drug-likeness (QED) is 0.711. The summed E-state index contributed by atoms with van der Waals surface area (Å²) in [5.74, 6) is 0. The molecule has 0 aliphatic rings. The standard InChI is InChI=1S/C18H15BrN2O/c1-13-4-2-3-5-15(13)12-21-18(22)11-10-17(20-21)14-6-8-16(19)9-7-14/h2-11H,12H2,1H3. The van der Waals surface area contributed by atoms with Gasteiger partial charge in [0.05, 0.1) is 12.2 Å². The second kappa shape index (κ2) is 6.28. The summed E-state index contributed by atoms with van der Waals surface area (Å²) in [6.45, 7) is 2.52. The lowest BCUT2D eigenvalue weighted by Crippen LogP contribution is -2.23. The first-order valence-electron chi connectivity index (χ1n) is 7.02. The van der Waals surface area contributed by atoms with E-state index in [0.29, 0.717) is 6.54 Å². The molecule has 3 aromatic rings. The summed E-state index contributed by atoms with van der Waals surface area (Å²) in [7, 11) is 0. The van der Waals surface area contributed by atoms with E-state index in [9.17, 15) is 4.79 Å². The van der Waals surface area contributed by atoms with E-state index in [2.05, 4.69) is 21.0 Å². The maximum absolute atomic E-state index is 12.1. The molecule has 0 saturated heterocycles. The van der Waals surface area contributed by atoms with E-state index in [0.717, 1.165) is 26.9 Å². The number of benzene rings is 2. The molecule has 0 fully saturated rings. The summed E-state index contributed by atoms with van der Waals surface area (Å²) in [6.07, 6.45) is 0. The number of nitrogens with zero attached hydrogens (tertiary/aromatic N) is 2. The Morgan fingerprint density at radius 2 is 1.73 bits per heavy atom. The van der Waals surface area contributed by atoms with Crippen molar-refractivity contribution in [1.29, 1.82) is 0 Å². The molecule has 0 radical (unpaired) electrons. The van der Waals surface area contributed by atoms with E-state index >= 15 is 0 Å². The van der Waals surface area contributed by atoms with Crippen LogP contribution in [0.4, 0.5) is 0 Å². The minimum absolute atomic E-state index is 0.0934. The normalized spacial score (nSPS) is 10.6. The molecule has 4 heteroatoms. The first-order valence-corrected chi connectivity index (χ1v) is 7.81. The van der Waals surface area contributed by atoms with Gasteiger partial charge in [-0.3, -0.25) is 4.79 Å². The Morgan fingerprint density at radius 3 is 2.45 bits per heavy atom. The molecule has 2 aromatic carbocycles. The zero-order valence-corrected chi connectivity index (χ0v) is 13.7. The topological polar surface area (TPSA) is 34.9 Å². The van der Waals surface area contributed by atoms with Crippen molar-refractivity contribution in [1.82, 2.24) is 9.78 Å². The summed E-state index contributed by atoms with van der Waals surface area (Å²) in [5, 5.41) is 4.50. The summed E-state index contributed by atoms with van der Waals surface area (Å²) in [6, 6.07) is 19.3. The fourth-order valence-electron chi connectivity index (χ4n) is 2.29. The number of hydrogen-bond acceptors (Lipinski definition) is 2. The zero-order valence-electron chi connectivity index (χ0n) is 12.2. The molecule has 0 spiro atoms. The Morgan fingerprint density at radius 1 is 1.00 bits per heavy atom. The summed E-state index contributed by atoms with van der Waals surface area (Å²) >= 11 is 3.42. The van der Waals surface area contributed by atoms with Crippen LogP contribution in [0, 0.1) is 6.92 Å². The van der Waals surface area contributed by atoms with Gasteiger partial charge in [-0.05, 0) is 36.2 Å². The van der Waals surface area contributed by atoms with Crippen molar-refractivity contribution in [3.8, 4) is 11.3 Å². The minimum Gasteiger partial charge on any atom is -0.268 e. The van der Waals surface area contributed by atoms with Gasteiger partial charge >= 0.3 is 0 Å². The van der Waals surface area contributed by atoms with Crippen molar-refractivity contribution >= 4 is 15.9 Å². The lowest BCUT2D eigenvalue weighted by molar-refractivity contribution is 0.640. The molecule has 0 aliphatic heterocycles. The Balaban J connectivity index is 1.98. The first kappa shape index (κ1) is 14.7. The number of halogens is 1. The minimum atomic E-state index is -0.0934. The predicted octanol–water partition coefficient (Wildman–Crippen LogP) is 4.03. The Kier molecular flexibility index (Phi) is 4.20. The summed E-state index contributed by atoms with van der Waals surface area (Å²) < 4.78 is 2.53. The van der Waals surface area contributed by atoms with Crippen molar-refractivity contribution < 1.29 is 0 Å². The third kappa shape index (κ3) is 3.17. The second-order valence-electron chi connectivity index (χ2n) is 5.15. The monoisotopic (exact) mass is 354 g/mol. The molecule has 0 saturated carbocycles. The Hall–Kier alpha value is -2.20. The molecule has 0 unspecified atom stereocenters. The first-order chi connectivity index (χ1) is 10.6. The van der Waals surface area contributed by atoms with Gasteiger partial charge in [0.1, 0.15) is 0 Å². The Bertz CT molecular complexity index is 853. The molecule has 110 valence electrons. The molecule has 0 N–H and O–H groups in total. The fraction of sp³-hybridized carbons (Fsp3) is 0.111. The van der Waals surface area contributed by atoms with E-state index < -0.39 is 0 Å². The lowest BCUT2D eigenvalue weighted by Gasteiger charge is -2.09. The highest BCUT2D eigenvalue weighted by Gasteiger charge is 2.05. The van der Waals surface area contributed by atoms with Gasteiger partial charge in [0, 0.05) is 16.1 Å². The maximum atomic E-state index is 12.1. The molecule has 0 aliphatic carbocycles. The van der Waals surface area contributed by atoms with Gasteiger partial charge in [-0.1, -0.05) is 52.3 Å². The van der Waals surface area contributed by atoms with Gasteiger partial charge in [0.2, 0.25) is 0 Å². The molecule has 0 bridgehead atoms. The van der Waals surface area contributed by atoms with Gasteiger partial charge in [0.15, 0.2) is 0 Å². The van der Waals surface area contributed by atoms with Crippen LogP contribution in [0.25, 0.3) is 11.3 Å². The number of rotatable bonds is 3. The lowest BCUT2D eigenvalue weighted by atomic mass is 10.1. The molecule has 0 atom stereocenters. The third-order valence-corrected chi connectivity index (χ3v) is 4.12. The third-order valence-electron chi connectivity index (χ3n) is 3.59. The molecule has 3 rings (SSSR count). The smallest absolute Gasteiger partial charge is 0.267 e. The van der Waals surface area contributed by atoms with E-state index in [1.54, 1.807) is 12.1 Å². The van der Waals surface area contributed by atoms with Crippen LogP contribution in [-0.2, 0) is 6.54 Å². The van der Waals surface area contributed by atoms with Gasteiger partial charge in [-0.2, -0.15) is 5.10 Å². The maximum Gasteiger partial charge on any atom is 0.267 e. The summed E-state index contributed by atoms with van der Waals surface area (Å²) in [4.78, 5) is 12.1. The van der Waals surface area contributed by atoms with E-state index in [-0.39, 0.29) is 5.56 Å². The molecule has 3 nitrogen and oxygen atoms in total. The average Bonchev–Trinajstić information content (AvgIpc) is 2.52. The number of hydrogen-bond donors (Lipinski definition) is 0. The van der Waals surface area contributed by atoms with Crippen LogP contribution in [-0.4, -0.2) is 9.78 Å². The zero-order chi connectivity index (χ0) is 15.5. The van der Waals surface area contributed by atoms with E-state index in [4.69, 9.17) is 0 Å². The van der Waals surface area contributed by atoms with Crippen LogP contribution in [0.15, 0.2) is 69.9 Å². The van der Waals surface area contributed by atoms with Crippen molar-refractivity contribution in [2.75, 3.05) is 0 Å².